The van der Waals surface area contributed by atoms with Gasteiger partial charge in [-0.3, -0.25) is 0 Å². The van der Waals surface area contributed by atoms with E-state index in [1.807, 2.05) is 6.33 Å². The Balaban J connectivity index is 2.51. The smallest absolute Gasteiger partial charge is 0.133 e. The van der Waals surface area contributed by atoms with Crippen molar-refractivity contribution in [3.8, 4) is 0 Å². The number of hydrogen-bond donors (Lipinski definition) is 0. The summed E-state index contributed by atoms with van der Waals surface area (Å²) in [7, 11) is 0. The van der Waals surface area contributed by atoms with Crippen molar-refractivity contribution in [2.45, 2.75) is 65.3 Å². The Bertz CT molecular complexity index is 283. The molecule has 1 aromatic rings. The summed E-state index contributed by atoms with van der Waals surface area (Å²) in [5, 5.41) is 8.19. The molecule has 0 aliphatic heterocycles. The van der Waals surface area contributed by atoms with E-state index in [-0.39, 0.29) is 5.54 Å². The standard InChI is InChI=1S/C12H23N3/c1-5-6-7-8-9-11-14-13-10-15(11)12(2,3)4/h10H,5-9H2,1-4H3. The van der Waals surface area contributed by atoms with Crippen molar-refractivity contribution >= 4 is 0 Å². The molecule has 0 bridgehead atoms. The van der Waals surface area contributed by atoms with Crippen molar-refractivity contribution in [1.82, 2.24) is 14.8 Å². The fraction of sp³-hybridized carbons (Fsp3) is 0.833. The number of aryl methyl sites for hydroxylation is 1. The van der Waals surface area contributed by atoms with Crippen LogP contribution in [-0.4, -0.2) is 14.8 Å². The average Bonchev–Trinajstić information content (AvgIpc) is 2.59. The molecule has 0 radical (unpaired) electrons. The summed E-state index contributed by atoms with van der Waals surface area (Å²) >= 11 is 0. The zero-order valence-corrected chi connectivity index (χ0v) is 10.5. The first-order valence-electron chi connectivity index (χ1n) is 5.95. The molecule has 0 aromatic carbocycles. The van der Waals surface area contributed by atoms with Crippen LogP contribution in [-0.2, 0) is 12.0 Å². The zero-order chi connectivity index (χ0) is 11.3. The van der Waals surface area contributed by atoms with Gasteiger partial charge in [0.25, 0.3) is 0 Å². The SMILES string of the molecule is CCCCCCc1nncn1C(C)(C)C. The monoisotopic (exact) mass is 209 g/mol. The van der Waals surface area contributed by atoms with Gasteiger partial charge in [0.15, 0.2) is 0 Å². The van der Waals surface area contributed by atoms with Gasteiger partial charge in [-0.1, -0.05) is 26.2 Å². The minimum atomic E-state index is 0.101. The fourth-order valence-electron chi connectivity index (χ4n) is 1.70. The predicted molar refractivity (Wildman–Crippen MR) is 62.9 cm³/mol. The van der Waals surface area contributed by atoms with E-state index in [1.165, 1.54) is 25.7 Å². The maximum atomic E-state index is 4.19. The van der Waals surface area contributed by atoms with Crippen molar-refractivity contribution in [1.29, 1.82) is 0 Å². The van der Waals surface area contributed by atoms with E-state index in [2.05, 4.69) is 42.5 Å². The number of unbranched alkanes of at least 4 members (excludes halogenated alkanes) is 3. The summed E-state index contributed by atoms with van der Waals surface area (Å²) in [6.45, 7) is 8.79. The summed E-state index contributed by atoms with van der Waals surface area (Å²) in [6, 6.07) is 0. The van der Waals surface area contributed by atoms with E-state index in [4.69, 9.17) is 0 Å². The minimum Gasteiger partial charge on any atom is -0.312 e. The number of nitrogens with zero attached hydrogens (tertiary/aromatic N) is 3. The highest BCUT2D eigenvalue weighted by molar-refractivity contribution is 4.92. The lowest BCUT2D eigenvalue weighted by Crippen LogP contribution is -2.23. The van der Waals surface area contributed by atoms with Crippen LogP contribution in [0.2, 0.25) is 0 Å². The topological polar surface area (TPSA) is 30.7 Å². The lowest BCUT2D eigenvalue weighted by Gasteiger charge is -2.22. The molecule has 0 spiro atoms. The molecule has 0 aliphatic carbocycles. The molecular formula is C12H23N3. The molecule has 0 saturated heterocycles. The van der Waals surface area contributed by atoms with Gasteiger partial charge in [0, 0.05) is 12.0 Å². The van der Waals surface area contributed by atoms with Gasteiger partial charge in [-0.25, -0.2) is 0 Å². The third kappa shape index (κ3) is 3.65. The molecule has 0 aliphatic rings. The molecule has 1 heterocycles. The van der Waals surface area contributed by atoms with Crippen LogP contribution >= 0.6 is 0 Å². The number of aromatic nitrogens is 3. The predicted octanol–water partition coefficient (Wildman–Crippen LogP) is 3.16. The van der Waals surface area contributed by atoms with E-state index < -0.39 is 0 Å². The third-order valence-corrected chi connectivity index (χ3v) is 2.60. The molecule has 0 unspecified atom stereocenters. The normalized spacial score (nSPS) is 12.0. The molecule has 0 N–H and O–H groups in total. The van der Waals surface area contributed by atoms with Crippen LogP contribution in [0.25, 0.3) is 0 Å². The first-order valence-corrected chi connectivity index (χ1v) is 5.95. The van der Waals surface area contributed by atoms with Gasteiger partial charge in [0.05, 0.1) is 0 Å². The van der Waals surface area contributed by atoms with Crippen molar-refractivity contribution in [3.05, 3.63) is 12.2 Å². The highest BCUT2D eigenvalue weighted by Gasteiger charge is 2.16. The Labute approximate surface area is 92.9 Å². The maximum Gasteiger partial charge on any atom is 0.133 e. The van der Waals surface area contributed by atoms with Gasteiger partial charge >= 0.3 is 0 Å². The largest absolute Gasteiger partial charge is 0.312 e. The lowest BCUT2D eigenvalue weighted by molar-refractivity contribution is 0.379. The van der Waals surface area contributed by atoms with Gasteiger partial charge in [0.2, 0.25) is 0 Å². The van der Waals surface area contributed by atoms with Gasteiger partial charge in [-0.2, -0.15) is 0 Å². The van der Waals surface area contributed by atoms with Crippen LogP contribution in [0.1, 0.15) is 59.2 Å². The Morgan fingerprint density at radius 2 is 1.93 bits per heavy atom. The lowest BCUT2D eigenvalue weighted by atomic mass is 10.1. The summed E-state index contributed by atoms with van der Waals surface area (Å²) < 4.78 is 2.18. The third-order valence-electron chi connectivity index (χ3n) is 2.60. The Kier molecular flexibility index (Phi) is 4.30. The van der Waals surface area contributed by atoms with Crippen LogP contribution in [0.3, 0.4) is 0 Å². The Hall–Kier alpha value is -0.860. The second-order valence-corrected chi connectivity index (χ2v) is 5.10. The van der Waals surface area contributed by atoms with E-state index in [9.17, 15) is 0 Å². The number of hydrogen-bond acceptors (Lipinski definition) is 2. The van der Waals surface area contributed by atoms with Crippen molar-refractivity contribution in [2.75, 3.05) is 0 Å². The van der Waals surface area contributed by atoms with Crippen LogP contribution in [0.15, 0.2) is 6.33 Å². The molecular weight excluding hydrogens is 186 g/mol. The molecule has 0 amide bonds. The van der Waals surface area contributed by atoms with E-state index >= 15 is 0 Å². The Morgan fingerprint density at radius 3 is 2.53 bits per heavy atom. The summed E-state index contributed by atoms with van der Waals surface area (Å²) in [5.41, 5.74) is 0.101. The van der Waals surface area contributed by atoms with E-state index in [1.54, 1.807) is 0 Å². The molecule has 1 rings (SSSR count). The highest BCUT2D eigenvalue weighted by atomic mass is 15.3. The average molecular weight is 209 g/mol. The molecule has 0 fully saturated rings. The molecule has 15 heavy (non-hydrogen) atoms. The highest BCUT2D eigenvalue weighted by Crippen LogP contribution is 2.16. The zero-order valence-electron chi connectivity index (χ0n) is 10.5. The second kappa shape index (κ2) is 5.29. The first kappa shape index (κ1) is 12.2. The second-order valence-electron chi connectivity index (χ2n) is 5.10. The Morgan fingerprint density at radius 1 is 1.20 bits per heavy atom. The van der Waals surface area contributed by atoms with Crippen molar-refractivity contribution < 1.29 is 0 Å². The minimum absolute atomic E-state index is 0.101. The summed E-state index contributed by atoms with van der Waals surface area (Å²) in [6.07, 6.45) is 8.03. The van der Waals surface area contributed by atoms with Crippen molar-refractivity contribution in [3.63, 3.8) is 0 Å². The summed E-state index contributed by atoms with van der Waals surface area (Å²) in [4.78, 5) is 0. The maximum absolute atomic E-state index is 4.19. The van der Waals surface area contributed by atoms with Gasteiger partial charge in [-0.05, 0) is 27.2 Å². The van der Waals surface area contributed by atoms with Crippen LogP contribution in [0, 0.1) is 0 Å². The fourth-order valence-corrected chi connectivity index (χ4v) is 1.70. The quantitative estimate of drug-likeness (QED) is 0.697. The first-order chi connectivity index (χ1) is 7.05. The van der Waals surface area contributed by atoms with Gasteiger partial charge in [0.1, 0.15) is 12.2 Å². The van der Waals surface area contributed by atoms with Gasteiger partial charge in [-0.15, -0.1) is 10.2 Å². The molecule has 0 saturated carbocycles. The molecule has 1 aromatic heterocycles. The van der Waals surface area contributed by atoms with E-state index in [0.29, 0.717) is 0 Å². The summed E-state index contributed by atoms with van der Waals surface area (Å²) in [5.74, 6) is 1.12. The van der Waals surface area contributed by atoms with E-state index in [0.717, 1.165) is 12.2 Å². The van der Waals surface area contributed by atoms with Crippen molar-refractivity contribution in [2.24, 2.45) is 0 Å². The number of rotatable bonds is 5. The molecule has 86 valence electrons. The molecule has 0 atom stereocenters. The van der Waals surface area contributed by atoms with Gasteiger partial charge < -0.3 is 4.57 Å². The molecule has 3 nitrogen and oxygen atoms in total. The van der Waals surface area contributed by atoms with Crippen LogP contribution in [0.5, 0.6) is 0 Å². The van der Waals surface area contributed by atoms with Crippen LogP contribution in [0.4, 0.5) is 0 Å². The molecule has 3 heteroatoms. The van der Waals surface area contributed by atoms with Crippen LogP contribution < -0.4 is 0 Å².